The van der Waals surface area contributed by atoms with E-state index in [4.69, 9.17) is 16.3 Å². The summed E-state index contributed by atoms with van der Waals surface area (Å²) in [5, 5.41) is 13.9. The molecule has 7 heteroatoms. The average Bonchev–Trinajstić information content (AvgIpc) is 2.81. The topological polar surface area (TPSA) is 64.4 Å². The quantitative estimate of drug-likeness (QED) is 0.671. The Morgan fingerprint density at radius 3 is 2.79 bits per heavy atom. The lowest BCUT2D eigenvalue weighted by atomic mass is 10.2. The van der Waals surface area contributed by atoms with E-state index in [0.717, 1.165) is 14.9 Å². The molecule has 2 rings (SSSR count). The first-order chi connectivity index (χ1) is 9.10. The molecular weight excluding hydrogens is 288 g/mol. The number of nitro groups is 1. The molecule has 0 aliphatic heterocycles. The molecule has 0 bridgehead atoms. The number of nitro benzene ring substituents is 1. The second kappa shape index (κ2) is 5.90. The third-order valence-electron chi connectivity index (χ3n) is 2.47. The minimum absolute atomic E-state index is 0.0489. The number of hydrogen-bond donors (Lipinski definition) is 1. The molecule has 1 heterocycles. The number of nitrogens with zero attached hydrogens (tertiary/aromatic N) is 1. The van der Waals surface area contributed by atoms with Gasteiger partial charge in [0.25, 0.3) is 0 Å². The van der Waals surface area contributed by atoms with E-state index in [1.54, 1.807) is 12.1 Å². The second-order valence-corrected chi connectivity index (χ2v) is 5.50. The van der Waals surface area contributed by atoms with Gasteiger partial charge in [-0.2, -0.15) is 0 Å². The van der Waals surface area contributed by atoms with E-state index >= 15 is 0 Å². The highest BCUT2D eigenvalue weighted by atomic mass is 35.5. The number of halogens is 1. The molecule has 0 saturated carbocycles. The summed E-state index contributed by atoms with van der Waals surface area (Å²) in [6, 6.07) is 8.44. The normalized spacial score (nSPS) is 10.2. The van der Waals surface area contributed by atoms with Gasteiger partial charge in [-0.3, -0.25) is 10.1 Å². The lowest BCUT2D eigenvalue weighted by molar-refractivity contribution is -0.385. The molecule has 0 aliphatic rings. The van der Waals surface area contributed by atoms with Crippen LogP contribution in [0.2, 0.25) is 4.34 Å². The number of ether oxygens (including phenoxy) is 1. The van der Waals surface area contributed by atoms with Crippen molar-refractivity contribution in [2.24, 2.45) is 0 Å². The zero-order valence-corrected chi connectivity index (χ0v) is 11.6. The van der Waals surface area contributed by atoms with Crippen molar-refractivity contribution in [2.75, 3.05) is 12.4 Å². The van der Waals surface area contributed by atoms with E-state index < -0.39 is 4.92 Å². The van der Waals surface area contributed by atoms with Crippen LogP contribution in [0.5, 0.6) is 5.75 Å². The van der Waals surface area contributed by atoms with Gasteiger partial charge < -0.3 is 10.1 Å². The largest absolute Gasteiger partial charge is 0.490 e. The Bertz CT molecular complexity index is 600. The van der Waals surface area contributed by atoms with Crippen LogP contribution in [0.15, 0.2) is 30.3 Å². The van der Waals surface area contributed by atoms with E-state index in [-0.39, 0.29) is 11.4 Å². The number of rotatable bonds is 5. The summed E-state index contributed by atoms with van der Waals surface area (Å²) in [6.45, 7) is 0.609. The fraction of sp³-hybridized carbons (Fsp3) is 0.167. The maximum absolute atomic E-state index is 10.8. The predicted molar refractivity (Wildman–Crippen MR) is 76.3 cm³/mol. The van der Waals surface area contributed by atoms with Crippen LogP contribution in [0, 0.1) is 10.1 Å². The Morgan fingerprint density at radius 1 is 1.42 bits per heavy atom. The van der Waals surface area contributed by atoms with Crippen LogP contribution in [0.4, 0.5) is 11.4 Å². The predicted octanol–water partition coefficient (Wildman–Crippen LogP) is 3.93. The maximum atomic E-state index is 10.8. The molecule has 0 amide bonds. The van der Waals surface area contributed by atoms with Gasteiger partial charge in [-0.05, 0) is 18.2 Å². The second-order valence-electron chi connectivity index (χ2n) is 3.70. The molecule has 0 atom stereocenters. The van der Waals surface area contributed by atoms with Crippen molar-refractivity contribution in [1.82, 2.24) is 0 Å². The minimum atomic E-state index is -0.471. The maximum Gasteiger partial charge on any atom is 0.311 e. The Labute approximate surface area is 118 Å². The summed E-state index contributed by atoms with van der Waals surface area (Å²) in [5.74, 6) is 0.235. The first-order valence-electron chi connectivity index (χ1n) is 5.40. The Hall–Kier alpha value is -1.79. The number of methoxy groups -OCH3 is 1. The molecule has 0 saturated heterocycles. The van der Waals surface area contributed by atoms with Crippen molar-refractivity contribution in [3.63, 3.8) is 0 Å². The highest BCUT2D eigenvalue weighted by molar-refractivity contribution is 7.16. The molecule has 1 aromatic heterocycles. The molecular formula is C12H11ClN2O3S. The van der Waals surface area contributed by atoms with Crippen LogP contribution in [-0.2, 0) is 6.54 Å². The van der Waals surface area contributed by atoms with Crippen LogP contribution >= 0.6 is 22.9 Å². The van der Waals surface area contributed by atoms with E-state index in [0.29, 0.717) is 6.54 Å². The molecule has 0 radical (unpaired) electrons. The number of anilines is 1. The molecule has 0 unspecified atom stereocenters. The van der Waals surface area contributed by atoms with Gasteiger partial charge in [0.1, 0.15) is 0 Å². The number of benzene rings is 1. The van der Waals surface area contributed by atoms with Gasteiger partial charge in [0.15, 0.2) is 5.75 Å². The highest BCUT2D eigenvalue weighted by Crippen LogP contribution is 2.30. The van der Waals surface area contributed by atoms with E-state index in [2.05, 4.69) is 5.32 Å². The van der Waals surface area contributed by atoms with E-state index in [1.165, 1.54) is 24.5 Å². The summed E-state index contributed by atoms with van der Waals surface area (Å²) in [5.41, 5.74) is 0.708. The summed E-state index contributed by atoms with van der Waals surface area (Å²) in [4.78, 5) is 11.4. The zero-order chi connectivity index (χ0) is 13.8. The summed E-state index contributed by atoms with van der Waals surface area (Å²) < 4.78 is 5.74. The highest BCUT2D eigenvalue weighted by Gasteiger charge is 2.14. The summed E-state index contributed by atoms with van der Waals surface area (Å²) >= 11 is 7.33. The fourth-order valence-electron chi connectivity index (χ4n) is 1.57. The summed E-state index contributed by atoms with van der Waals surface area (Å²) in [7, 11) is 1.41. The molecule has 19 heavy (non-hydrogen) atoms. The van der Waals surface area contributed by atoms with Crippen molar-refractivity contribution >= 4 is 34.3 Å². The molecule has 1 aromatic carbocycles. The minimum Gasteiger partial charge on any atom is -0.490 e. The van der Waals surface area contributed by atoms with Crippen molar-refractivity contribution in [1.29, 1.82) is 0 Å². The monoisotopic (exact) mass is 298 g/mol. The zero-order valence-electron chi connectivity index (χ0n) is 10.1. The fourth-order valence-corrected chi connectivity index (χ4v) is 2.60. The Morgan fingerprint density at radius 2 is 2.21 bits per heavy atom. The van der Waals surface area contributed by atoms with Crippen molar-refractivity contribution < 1.29 is 9.66 Å². The van der Waals surface area contributed by atoms with Crippen LogP contribution < -0.4 is 10.1 Å². The van der Waals surface area contributed by atoms with Gasteiger partial charge >= 0.3 is 5.69 Å². The smallest absolute Gasteiger partial charge is 0.311 e. The van der Waals surface area contributed by atoms with Gasteiger partial charge in [0, 0.05) is 29.2 Å². The van der Waals surface area contributed by atoms with Gasteiger partial charge in [-0.15, -0.1) is 11.3 Å². The lowest BCUT2D eigenvalue weighted by Crippen LogP contribution is -1.99. The van der Waals surface area contributed by atoms with Gasteiger partial charge in [-0.25, -0.2) is 0 Å². The number of nitrogens with one attached hydrogen (secondary N) is 1. The molecule has 0 fully saturated rings. The third-order valence-corrected chi connectivity index (χ3v) is 3.70. The average molecular weight is 299 g/mol. The molecule has 1 N–H and O–H groups in total. The van der Waals surface area contributed by atoms with Crippen LogP contribution in [0.25, 0.3) is 0 Å². The van der Waals surface area contributed by atoms with Gasteiger partial charge in [0.2, 0.25) is 0 Å². The number of hydrogen-bond acceptors (Lipinski definition) is 5. The molecule has 0 aliphatic carbocycles. The molecule has 0 spiro atoms. The van der Waals surface area contributed by atoms with E-state index in [9.17, 15) is 10.1 Å². The first-order valence-corrected chi connectivity index (χ1v) is 6.60. The Kier molecular flexibility index (Phi) is 4.24. The van der Waals surface area contributed by atoms with Crippen molar-refractivity contribution in [3.05, 3.63) is 49.7 Å². The lowest BCUT2D eigenvalue weighted by Gasteiger charge is -2.07. The van der Waals surface area contributed by atoms with Crippen LogP contribution in [0.3, 0.4) is 0 Å². The molecule has 5 nitrogen and oxygen atoms in total. The van der Waals surface area contributed by atoms with Crippen molar-refractivity contribution in [3.8, 4) is 5.75 Å². The SMILES string of the molecule is COc1cc(NCc2ccc(Cl)s2)ccc1[N+](=O)[O-]. The van der Waals surface area contributed by atoms with Gasteiger partial charge in [0.05, 0.1) is 16.4 Å². The van der Waals surface area contributed by atoms with Crippen molar-refractivity contribution in [2.45, 2.75) is 6.54 Å². The molecule has 100 valence electrons. The third kappa shape index (κ3) is 3.36. The Balaban J connectivity index is 2.11. The van der Waals surface area contributed by atoms with Gasteiger partial charge in [-0.1, -0.05) is 11.6 Å². The van der Waals surface area contributed by atoms with E-state index in [1.807, 2.05) is 12.1 Å². The molecule has 2 aromatic rings. The van der Waals surface area contributed by atoms with Crippen LogP contribution in [0.1, 0.15) is 4.88 Å². The first kappa shape index (κ1) is 13.6. The standard InChI is InChI=1S/C12H11ClN2O3S/c1-18-11-6-8(2-4-10(11)15(16)17)14-7-9-3-5-12(13)19-9/h2-6,14H,7H2,1H3. The number of thiophene rings is 1. The van der Waals surface area contributed by atoms with Crippen LogP contribution in [-0.4, -0.2) is 12.0 Å². The summed E-state index contributed by atoms with van der Waals surface area (Å²) in [6.07, 6.45) is 0.